The van der Waals surface area contributed by atoms with E-state index >= 15 is 0 Å². The van der Waals surface area contributed by atoms with Crippen LogP contribution in [-0.4, -0.2) is 10.8 Å². The largest absolute Gasteiger partial charge is 0.507 e. The average molecular weight is 270 g/mol. The summed E-state index contributed by atoms with van der Waals surface area (Å²) in [5.74, 6) is -0.0414. The second-order valence-electron chi connectivity index (χ2n) is 4.99. The van der Waals surface area contributed by atoms with Gasteiger partial charge in [0.05, 0.1) is 11.8 Å². The first-order valence-electron chi connectivity index (χ1n) is 6.51. The molecule has 1 atom stereocenters. The van der Waals surface area contributed by atoms with Crippen molar-refractivity contribution in [3.8, 4) is 5.75 Å². The minimum Gasteiger partial charge on any atom is -0.507 e. The number of nitrogens with one attached hydrogen (secondary N) is 1. The third-order valence-corrected chi connectivity index (χ3v) is 3.50. The lowest BCUT2D eigenvalue weighted by molar-refractivity contribution is 0.474. The minimum atomic E-state index is -0.241. The van der Waals surface area contributed by atoms with E-state index in [9.17, 15) is 9.50 Å². The molecule has 0 saturated carbocycles. The molecule has 0 radical (unpaired) electrons. The number of hydrogen-bond donors (Lipinski definition) is 2. The Morgan fingerprint density at radius 3 is 2.85 bits per heavy atom. The van der Waals surface area contributed by atoms with Crippen LogP contribution in [0.5, 0.6) is 5.75 Å². The Morgan fingerprint density at radius 2 is 2.05 bits per heavy atom. The summed E-state index contributed by atoms with van der Waals surface area (Å²) in [6, 6.07) is 11.9. The summed E-state index contributed by atoms with van der Waals surface area (Å²) in [6.07, 6.45) is 0.554. The first-order chi connectivity index (χ1) is 9.65. The molecule has 3 nitrogen and oxygen atoms in total. The second kappa shape index (κ2) is 4.96. The highest BCUT2D eigenvalue weighted by atomic mass is 19.1. The fraction of sp³-hybridized carbons (Fsp3) is 0.188. The molecule has 2 aromatic rings. The van der Waals surface area contributed by atoms with Crippen LogP contribution in [0.2, 0.25) is 0 Å². The van der Waals surface area contributed by atoms with E-state index in [0.29, 0.717) is 17.5 Å². The van der Waals surface area contributed by atoms with Gasteiger partial charge in [0.1, 0.15) is 11.6 Å². The van der Waals surface area contributed by atoms with E-state index in [1.165, 1.54) is 6.07 Å². The standard InChI is InChI=1S/C16H15FN2O/c1-10-6-7-16(20)12(8-10)15-9-14(18-19-15)11-4-2-3-5-13(11)17/h2-8,14,18,20H,9H2,1H3/t14-/m1/s1. The molecule has 0 aliphatic carbocycles. The summed E-state index contributed by atoms with van der Waals surface area (Å²) in [7, 11) is 0. The molecular weight excluding hydrogens is 255 g/mol. The molecule has 1 aliphatic heterocycles. The molecule has 1 heterocycles. The van der Waals surface area contributed by atoms with Crippen molar-refractivity contribution in [1.82, 2.24) is 5.43 Å². The van der Waals surface area contributed by atoms with Gasteiger partial charge in [0.2, 0.25) is 0 Å². The maximum Gasteiger partial charge on any atom is 0.128 e. The summed E-state index contributed by atoms with van der Waals surface area (Å²) in [6.45, 7) is 1.96. The Hall–Kier alpha value is -2.36. The number of rotatable bonds is 2. The Morgan fingerprint density at radius 1 is 1.25 bits per heavy atom. The molecule has 0 unspecified atom stereocenters. The molecule has 0 saturated heterocycles. The van der Waals surface area contributed by atoms with Gasteiger partial charge in [0, 0.05) is 17.5 Å². The molecule has 2 aromatic carbocycles. The van der Waals surface area contributed by atoms with E-state index in [1.807, 2.05) is 25.1 Å². The zero-order valence-electron chi connectivity index (χ0n) is 11.1. The number of phenols is 1. The van der Waals surface area contributed by atoms with Gasteiger partial charge >= 0.3 is 0 Å². The molecule has 0 fully saturated rings. The smallest absolute Gasteiger partial charge is 0.128 e. The Labute approximate surface area is 116 Å². The van der Waals surface area contributed by atoms with Crippen LogP contribution in [0.1, 0.15) is 29.2 Å². The van der Waals surface area contributed by atoms with Crippen LogP contribution < -0.4 is 5.43 Å². The number of aryl methyl sites for hydroxylation is 1. The van der Waals surface area contributed by atoms with Gasteiger partial charge in [-0.05, 0) is 25.1 Å². The quantitative estimate of drug-likeness (QED) is 0.879. The minimum absolute atomic E-state index is 0.189. The summed E-state index contributed by atoms with van der Waals surface area (Å²) in [5.41, 5.74) is 6.05. The van der Waals surface area contributed by atoms with E-state index in [0.717, 1.165) is 11.3 Å². The number of benzene rings is 2. The lowest BCUT2D eigenvalue weighted by Gasteiger charge is -2.11. The molecule has 102 valence electrons. The molecular formula is C16H15FN2O. The van der Waals surface area contributed by atoms with E-state index < -0.39 is 0 Å². The number of nitrogens with zero attached hydrogens (tertiary/aromatic N) is 1. The molecule has 4 heteroatoms. The summed E-state index contributed by atoms with van der Waals surface area (Å²) < 4.78 is 13.8. The first-order valence-corrected chi connectivity index (χ1v) is 6.51. The Bertz CT molecular complexity index is 682. The van der Waals surface area contributed by atoms with Gasteiger partial charge in [-0.25, -0.2) is 4.39 Å². The number of hydrogen-bond acceptors (Lipinski definition) is 3. The molecule has 2 N–H and O–H groups in total. The number of hydrazone groups is 1. The van der Waals surface area contributed by atoms with Crippen molar-refractivity contribution in [3.05, 3.63) is 65.0 Å². The van der Waals surface area contributed by atoms with Crippen LogP contribution in [0, 0.1) is 12.7 Å². The molecule has 0 amide bonds. The Kier molecular flexibility index (Phi) is 3.14. The van der Waals surface area contributed by atoms with E-state index in [-0.39, 0.29) is 17.6 Å². The Balaban J connectivity index is 1.86. The van der Waals surface area contributed by atoms with Crippen LogP contribution in [-0.2, 0) is 0 Å². The van der Waals surface area contributed by atoms with E-state index in [2.05, 4.69) is 10.5 Å². The van der Waals surface area contributed by atoms with Gasteiger partial charge in [0.25, 0.3) is 0 Å². The predicted molar refractivity (Wildman–Crippen MR) is 76.3 cm³/mol. The zero-order chi connectivity index (χ0) is 14.1. The van der Waals surface area contributed by atoms with Gasteiger partial charge in [0.15, 0.2) is 0 Å². The topological polar surface area (TPSA) is 44.6 Å². The van der Waals surface area contributed by atoms with Gasteiger partial charge in [-0.3, -0.25) is 0 Å². The maximum atomic E-state index is 13.8. The molecule has 0 spiro atoms. The number of aromatic hydroxyl groups is 1. The molecule has 20 heavy (non-hydrogen) atoms. The van der Waals surface area contributed by atoms with Crippen molar-refractivity contribution in [1.29, 1.82) is 0 Å². The average Bonchev–Trinajstić information content (AvgIpc) is 2.91. The summed E-state index contributed by atoms with van der Waals surface area (Å²) >= 11 is 0. The van der Waals surface area contributed by atoms with Crippen LogP contribution in [0.25, 0.3) is 0 Å². The summed E-state index contributed by atoms with van der Waals surface area (Å²) in [4.78, 5) is 0. The first kappa shape index (κ1) is 12.7. The van der Waals surface area contributed by atoms with Crippen molar-refractivity contribution < 1.29 is 9.50 Å². The highest BCUT2D eigenvalue weighted by molar-refractivity contribution is 6.04. The molecule has 0 bridgehead atoms. The van der Waals surface area contributed by atoms with Gasteiger partial charge in [-0.15, -0.1) is 0 Å². The van der Waals surface area contributed by atoms with Gasteiger partial charge in [-0.1, -0.05) is 29.8 Å². The fourth-order valence-corrected chi connectivity index (χ4v) is 2.43. The van der Waals surface area contributed by atoms with Crippen molar-refractivity contribution in [2.24, 2.45) is 5.10 Å². The number of phenolic OH excluding ortho intramolecular Hbond substituents is 1. The van der Waals surface area contributed by atoms with E-state index in [4.69, 9.17) is 0 Å². The highest BCUT2D eigenvalue weighted by Gasteiger charge is 2.24. The predicted octanol–water partition coefficient (Wildman–Crippen LogP) is 3.28. The third-order valence-electron chi connectivity index (χ3n) is 3.50. The van der Waals surface area contributed by atoms with Gasteiger partial charge in [-0.2, -0.15) is 5.10 Å². The van der Waals surface area contributed by atoms with Gasteiger partial charge < -0.3 is 10.5 Å². The second-order valence-corrected chi connectivity index (χ2v) is 4.99. The fourth-order valence-electron chi connectivity index (χ4n) is 2.43. The van der Waals surface area contributed by atoms with Crippen molar-refractivity contribution in [2.45, 2.75) is 19.4 Å². The molecule has 3 rings (SSSR count). The maximum absolute atomic E-state index is 13.8. The molecule has 0 aromatic heterocycles. The molecule has 1 aliphatic rings. The lowest BCUT2D eigenvalue weighted by atomic mass is 9.97. The van der Waals surface area contributed by atoms with Crippen LogP contribution in [0.15, 0.2) is 47.6 Å². The highest BCUT2D eigenvalue weighted by Crippen LogP contribution is 2.29. The van der Waals surface area contributed by atoms with Crippen LogP contribution >= 0.6 is 0 Å². The van der Waals surface area contributed by atoms with E-state index in [1.54, 1.807) is 18.2 Å². The zero-order valence-corrected chi connectivity index (χ0v) is 11.1. The van der Waals surface area contributed by atoms with Crippen LogP contribution in [0.4, 0.5) is 4.39 Å². The monoisotopic (exact) mass is 270 g/mol. The third kappa shape index (κ3) is 2.25. The van der Waals surface area contributed by atoms with Crippen molar-refractivity contribution in [3.63, 3.8) is 0 Å². The van der Waals surface area contributed by atoms with Crippen molar-refractivity contribution in [2.75, 3.05) is 0 Å². The van der Waals surface area contributed by atoms with Crippen molar-refractivity contribution >= 4 is 5.71 Å². The van der Waals surface area contributed by atoms with Crippen LogP contribution in [0.3, 0.4) is 0 Å². The SMILES string of the molecule is Cc1ccc(O)c(C2=NN[C@@H](c3ccccc3F)C2)c1. The number of halogens is 1. The normalized spacial score (nSPS) is 17.7. The summed E-state index contributed by atoms with van der Waals surface area (Å²) in [5, 5.41) is 14.2. The lowest BCUT2D eigenvalue weighted by Crippen LogP contribution is -2.11.